The Morgan fingerprint density at radius 1 is 0.533 bits per heavy atom. The lowest BCUT2D eigenvalue weighted by atomic mass is 9.88. The molecule has 0 amide bonds. The Kier molecular flexibility index (Phi) is 3.78. The van der Waals surface area contributed by atoms with E-state index in [4.69, 9.17) is 0 Å². The highest BCUT2D eigenvalue weighted by Crippen LogP contribution is 2.41. The maximum atomic E-state index is 13.5. The van der Waals surface area contributed by atoms with E-state index in [1.54, 1.807) is 0 Å². The molecule has 0 aliphatic heterocycles. The first-order valence-electron chi connectivity index (χ1n) is 9.52. The lowest BCUT2D eigenvalue weighted by Gasteiger charge is -2.20. The van der Waals surface area contributed by atoms with Gasteiger partial charge in [0.05, 0.1) is 5.56 Å². The number of benzene rings is 6. The Morgan fingerprint density at radius 2 is 1.20 bits per heavy atom. The van der Waals surface area contributed by atoms with Crippen LogP contribution < -0.4 is 8.85 Å². The molecule has 4 radical (unpaired) electrons. The summed E-state index contributed by atoms with van der Waals surface area (Å²) in [5, 5.41) is 9.86. The molecule has 0 aromatic heterocycles. The smallest absolute Gasteiger partial charge is 0.166 e. The molecule has 0 spiro atoms. The van der Waals surface area contributed by atoms with Crippen molar-refractivity contribution >= 4 is 95.3 Å². The van der Waals surface area contributed by atoms with Crippen molar-refractivity contribution in [3.63, 3.8) is 0 Å². The first-order valence-corrected chi connectivity index (χ1v) is 10.7. The summed E-state index contributed by atoms with van der Waals surface area (Å²) in [6.07, 6.45) is -4.38. The third-order valence-corrected chi connectivity index (χ3v) is 6.96. The van der Waals surface area contributed by atoms with Crippen molar-refractivity contribution in [3.05, 3.63) is 72.3 Å². The fraction of sp³-hybridized carbons (Fsp3) is 0.0400. The molecule has 6 aromatic rings. The summed E-state index contributed by atoms with van der Waals surface area (Å²) in [6.45, 7) is 0. The molecular weight excluding hydrogens is 411 g/mol. The first-order chi connectivity index (χ1) is 14.3. The van der Waals surface area contributed by atoms with Crippen molar-refractivity contribution in [1.29, 1.82) is 0 Å². The summed E-state index contributed by atoms with van der Waals surface area (Å²) in [7, 11) is 0. The molecule has 0 nitrogen and oxygen atoms in total. The van der Waals surface area contributed by atoms with Gasteiger partial charge in [-0.3, -0.25) is 0 Å². The van der Waals surface area contributed by atoms with Crippen LogP contribution in [0.2, 0.25) is 0 Å². The van der Waals surface area contributed by atoms with Gasteiger partial charge in [0.1, 0.15) is 0 Å². The van der Waals surface area contributed by atoms with Gasteiger partial charge in [-0.2, -0.15) is 13.2 Å². The highest BCUT2D eigenvalue weighted by molar-refractivity contribution is 6.51. The zero-order valence-electron chi connectivity index (χ0n) is 15.6. The largest absolute Gasteiger partial charge is 0.416 e. The van der Waals surface area contributed by atoms with Gasteiger partial charge in [0.2, 0.25) is 0 Å². The first kappa shape index (κ1) is 18.5. The molecule has 0 aliphatic rings. The van der Waals surface area contributed by atoms with E-state index in [9.17, 15) is 13.2 Å². The molecule has 0 atom stereocenters. The lowest BCUT2D eigenvalue weighted by molar-refractivity contribution is -0.137. The second kappa shape index (κ2) is 6.13. The van der Waals surface area contributed by atoms with Crippen LogP contribution in [0.15, 0.2) is 66.7 Å². The number of alkyl halides is 3. The molecule has 0 bridgehead atoms. The third-order valence-electron chi connectivity index (χ3n) is 6.03. The van der Waals surface area contributed by atoms with E-state index < -0.39 is 11.7 Å². The van der Waals surface area contributed by atoms with Gasteiger partial charge < -0.3 is 0 Å². The average molecular weight is 422 g/mol. The second-order valence-electron chi connectivity index (χ2n) is 7.79. The van der Waals surface area contributed by atoms with E-state index in [0.717, 1.165) is 51.9 Å². The fourth-order valence-corrected chi connectivity index (χ4v) is 5.68. The van der Waals surface area contributed by atoms with Crippen molar-refractivity contribution in [2.24, 2.45) is 0 Å². The van der Waals surface area contributed by atoms with Crippen LogP contribution in [0.4, 0.5) is 13.2 Å². The maximum Gasteiger partial charge on any atom is 0.416 e. The molecule has 6 rings (SSSR count). The molecule has 0 heterocycles. The molecule has 0 N–H and O–H groups in total. The number of fused-ring (bicyclic) bond motifs is 4. The Bertz CT molecular complexity index is 1630. The zero-order chi connectivity index (χ0) is 20.8. The van der Waals surface area contributed by atoms with Crippen LogP contribution in [0.25, 0.3) is 53.9 Å². The highest BCUT2D eigenvalue weighted by Gasteiger charge is 2.31. The number of hydrogen-bond acceptors (Lipinski definition) is 0. The molecular formula is C25H11Al2F3. The Balaban J connectivity index is 1.95. The van der Waals surface area contributed by atoms with Gasteiger partial charge in [0.25, 0.3) is 0 Å². The normalized spacial score (nSPS) is 12.8. The van der Waals surface area contributed by atoms with Crippen LogP contribution in [-0.2, 0) is 6.18 Å². The predicted molar refractivity (Wildman–Crippen MR) is 121 cm³/mol. The summed E-state index contributed by atoms with van der Waals surface area (Å²) < 4.78 is 42.3. The molecule has 0 unspecified atom stereocenters. The van der Waals surface area contributed by atoms with Gasteiger partial charge >= 0.3 is 6.18 Å². The van der Waals surface area contributed by atoms with Gasteiger partial charge in [-0.05, 0) is 72.1 Å². The van der Waals surface area contributed by atoms with E-state index in [1.807, 2.05) is 24.3 Å². The molecule has 0 aliphatic carbocycles. The topological polar surface area (TPSA) is 0 Å². The van der Waals surface area contributed by atoms with E-state index in [1.165, 1.54) is 12.1 Å². The van der Waals surface area contributed by atoms with Gasteiger partial charge in [-0.1, -0.05) is 48.5 Å². The molecule has 30 heavy (non-hydrogen) atoms. The number of halogens is 3. The molecule has 138 valence electrons. The predicted octanol–water partition coefficient (Wildman–Crippen LogP) is 5.50. The van der Waals surface area contributed by atoms with Gasteiger partial charge in [-0.25, -0.2) is 0 Å². The maximum absolute atomic E-state index is 13.5. The number of hydrogen-bond donors (Lipinski definition) is 0. The summed E-state index contributed by atoms with van der Waals surface area (Å²) in [5.74, 6) is 0. The highest BCUT2D eigenvalue weighted by atomic mass is 27.1. The van der Waals surface area contributed by atoms with Crippen LogP contribution in [-0.4, -0.2) is 32.6 Å². The van der Waals surface area contributed by atoms with Crippen molar-refractivity contribution in [1.82, 2.24) is 0 Å². The summed E-state index contributed by atoms with van der Waals surface area (Å²) in [4.78, 5) is 0. The Labute approximate surface area is 186 Å². The minimum absolute atomic E-state index is 0.613. The van der Waals surface area contributed by atoms with Crippen molar-refractivity contribution in [2.75, 3.05) is 0 Å². The zero-order valence-corrected chi connectivity index (χ0v) is 17.9. The summed E-state index contributed by atoms with van der Waals surface area (Å²) in [6, 6.07) is 20.9. The van der Waals surface area contributed by atoms with Crippen molar-refractivity contribution < 1.29 is 13.2 Å². The Morgan fingerprint density at radius 3 is 1.93 bits per heavy atom. The average Bonchev–Trinajstić information content (AvgIpc) is 2.71. The van der Waals surface area contributed by atoms with Crippen LogP contribution in [0.5, 0.6) is 0 Å². The van der Waals surface area contributed by atoms with Crippen LogP contribution >= 0.6 is 0 Å². The van der Waals surface area contributed by atoms with E-state index >= 15 is 0 Å². The molecule has 6 aromatic carbocycles. The monoisotopic (exact) mass is 422 g/mol. The quantitative estimate of drug-likeness (QED) is 0.172. The minimum Gasteiger partial charge on any atom is -0.166 e. The van der Waals surface area contributed by atoms with Crippen LogP contribution in [0.3, 0.4) is 0 Å². The van der Waals surface area contributed by atoms with Gasteiger partial charge in [0.15, 0.2) is 32.6 Å². The van der Waals surface area contributed by atoms with Crippen molar-refractivity contribution in [2.45, 2.75) is 6.18 Å². The second-order valence-corrected chi connectivity index (χ2v) is 9.03. The van der Waals surface area contributed by atoms with E-state index in [0.29, 0.717) is 10.8 Å². The standard InChI is InChI=1S/C25H11F3.2Al/c26-25(27,28)19-12-17-8-7-16-11-15-6-5-14-3-1-2-4-20(14)23(15)21-10-9-18(13-19)22(17)24(16)21;;/h1-6,8-9,11-13H;;. The molecule has 0 fully saturated rings. The lowest BCUT2D eigenvalue weighted by Crippen LogP contribution is -2.12. The third kappa shape index (κ3) is 2.48. The summed E-state index contributed by atoms with van der Waals surface area (Å²) in [5.41, 5.74) is -0.613. The molecule has 0 saturated heterocycles. The minimum atomic E-state index is -4.38. The molecule has 0 saturated carbocycles. The van der Waals surface area contributed by atoms with Crippen LogP contribution in [0.1, 0.15) is 5.56 Å². The number of rotatable bonds is 0. The molecule has 5 heteroatoms. The fourth-order valence-electron chi connectivity index (χ4n) is 4.80. The summed E-state index contributed by atoms with van der Waals surface area (Å²) >= 11 is 5.46. The van der Waals surface area contributed by atoms with Crippen LogP contribution in [0, 0.1) is 0 Å². The van der Waals surface area contributed by atoms with Crippen molar-refractivity contribution in [3.8, 4) is 0 Å². The van der Waals surface area contributed by atoms with Gasteiger partial charge in [0, 0.05) is 0 Å². The van der Waals surface area contributed by atoms with E-state index in [2.05, 4.69) is 62.9 Å². The van der Waals surface area contributed by atoms with Gasteiger partial charge in [-0.15, -0.1) is 8.85 Å². The SMILES string of the molecule is FC(F)(F)c1cc2c[c]([Al])c3cc4ccc5ccccc5c4c4[c]([Al])cc(c1)c2c34. The van der Waals surface area contributed by atoms with E-state index in [-0.39, 0.29) is 0 Å². The Hall–Kier alpha value is -2.27.